The highest BCUT2D eigenvalue weighted by molar-refractivity contribution is 5.84. The Morgan fingerprint density at radius 1 is 1.11 bits per heavy atom. The molecule has 0 radical (unpaired) electrons. The molecule has 104 valence electrons. The quantitative estimate of drug-likeness (QED) is 0.673. The van der Waals surface area contributed by atoms with Crippen LogP contribution in [0.4, 0.5) is 0 Å². The van der Waals surface area contributed by atoms with Crippen LogP contribution >= 0.6 is 0 Å². The van der Waals surface area contributed by atoms with Gasteiger partial charge in [0.15, 0.2) is 0 Å². The van der Waals surface area contributed by atoms with Gasteiger partial charge in [0.05, 0.1) is 0 Å². The predicted octanol–water partition coefficient (Wildman–Crippen LogP) is 5.24. The summed E-state index contributed by atoms with van der Waals surface area (Å²) in [5, 5.41) is 0. The van der Waals surface area contributed by atoms with Crippen LogP contribution < -0.4 is 0 Å². The highest BCUT2D eigenvalue weighted by atomic mass is 14.7. The van der Waals surface area contributed by atoms with Gasteiger partial charge in [0.2, 0.25) is 0 Å². The molecule has 0 atom stereocenters. The molecule has 0 saturated heterocycles. The minimum Gasteiger partial charge on any atom is -0.293 e. The molecule has 1 aromatic heterocycles. The molecule has 1 rings (SSSR count). The van der Waals surface area contributed by atoms with Crippen molar-refractivity contribution in [2.45, 2.75) is 48.5 Å². The zero-order valence-electron chi connectivity index (χ0n) is 13.2. The minimum absolute atomic E-state index is 0.804. The predicted molar refractivity (Wildman–Crippen MR) is 86.5 cm³/mol. The second-order valence-electron chi connectivity index (χ2n) is 2.34. The molecular weight excluding hydrogens is 220 g/mol. The van der Waals surface area contributed by atoms with Gasteiger partial charge in [0.1, 0.15) is 0 Å². The fourth-order valence-electron chi connectivity index (χ4n) is 0.895. The molecule has 0 fully saturated rings. The van der Waals surface area contributed by atoms with Crippen molar-refractivity contribution >= 4 is 12.3 Å². The second-order valence-corrected chi connectivity index (χ2v) is 2.34. The van der Waals surface area contributed by atoms with Gasteiger partial charge in [-0.25, -0.2) is 0 Å². The van der Waals surface area contributed by atoms with Crippen molar-refractivity contribution < 1.29 is 0 Å². The highest BCUT2D eigenvalue weighted by Crippen LogP contribution is 2.04. The molecular formula is C16H30N2. The Morgan fingerprint density at radius 3 is 2.11 bits per heavy atom. The molecule has 0 spiro atoms. The lowest BCUT2D eigenvalue weighted by Gasteiger charge is -1.96. The van der Waals surface area contributed by atoms with Crippen molar-refractivity contribution in [3.63, 3.8) is 0 Å². The summed E-state index contributed by atoms with van der Waals surface area (Å²) < 4.78 is 0. The van der Waals surface area contributed by atoms with Gasteiger partial charge < -0.3 is 0 Å². The van der Waals surface area contributed by atoms with Crippen LogP contribution in [0.25, 0.3) is 6.08 Å². The average Bonchev–Trinajstić information content (AvgIpc) is 2.51. The molecule has 2 nitrogen and oxygen atoms in total. The van der Waals surface area contributed by atoms with Gasteiger partial charge in [0, 0.05) is 36.3 Å². The van der Waals surface area contributed by atoms with Gasteiger partial charge in [-0.3, -0.25) is 9.98 Å². The molecule has 1 heterocycles. The zero-order chi connectivity index (χ0) is 14.8. The van der Waals surface area contributed by atoms with Crippen LogP contribution in [0.3, 0.4) is 0 Å². The molecule has 0 aromatic carbocycles. The monoisotopic (exact) mass is 250 g/mol. The Kier molecular flexibility index (Phi) is 25.3. The van der Waals surface area contributed by atoms with Gasteiger partial charge in [0.25, 0.3) is 0 Å². The van der Waals surface area contributed by atoms with Crippen LogP contribution in [0, 0.1) is 0 Å². The Bertz CT molecular complexity index is 291. The lowest BCUT2D eigenvalue weighted by atomic mass is 10.1. The number of aliphatic imine (C=N–C) groups is 1. The van der Waals surface area contributed by atoms with Crippen LogP contribution in [0.1, 0.15) is 59.6 Å². The van der Waals surface area contributed by atoms with E-state index in [1.807, 2.05) is 60.7 Å². The zero-order valence-corrected chi connectivity index (χ0v) is 13.2. The minimum atomic E-state index is 0.804. The van der Waals surface area contributed by atoms with Crippen molar-refractivity contribution in [2.24, 2.45) is 4.99 Å². The largest absolute Gasteiger partial charge is 0.293 e. The van der Waals surface area contributed by atoms with E-state index >= 15 is 0 Å². The number of hydrogen-bond acceptors (Lipinski definition) is 2. The third-order valence-corrected chi connectivity index (χ3v) is 1.52. The first-order valence-electron chi connectivity index (χ1n) is 6.94. The van der Waals surface area contributed by atoms with Crippen molar-refractivity contribution in [1.29, 1.82) is 0 Å². The van der Waals surface area contributed by atoms with Gasteiger partial charge in [-0.15, -0.1) is 0 Å². The molecule has 0 unspecified atom stereocenters. The first kappa shape index (κ1) is 21.8. The number of pyridine rings is 1. The van der Waals surface area contributed by atoms with Crippen molar-refractivity contribution in [1.82, 2.24) is 4.98 Å². The van der Waals surface area contributed by atoms with Crippen molar-refractivity contribution in [3.05, 3.63) is 36.2 Å². The molecule has 0 aliphatic carbocycles. The summed E-state index contributed by atoms with van der Waals surface area (Å²) in [6.07, 6.45) is 7.16. The summed E-state index contributed by atoms with van der Waals surface area (Å²) in [4.78, 5) is 8.14. The fraction of sp³-hybridized carbons (Fsp3) is 0.500. The number of rotatable bonds is 3. The maximum absolute atomic E-state index is 4.15. The summed E-state index contributed by atoms with van der Waals surface area (Å²) >= 11 is 0. The van der Waals surface area contributed by atoms with Crippen LogP contribution in [-0.4, -0.2) is 17.7 Å². The van der Waals surface area contributed by atoms with E-state index in [0.717, 1.165) is 17.7 Å². The Labute approximate surface area is 114 Å². The average molecular weight is 250 g/mol. The van der Waals surface area contributed by atoms with E-state index in [2.05, 4.69) is 16.6 Å². The summed E-state index contributed by atoms with van der Waals surface area (Å²) in [7, 11) is 0. The van der Waals surface area contributed by atoms with Crippen molar-refractivity contribution in [2.75, 3.05) is 6.54 Å². The lowest BCUT2D eigenvalue weighted by molar-refractivity contribution is 1.14. The molecule has 18 heavy (non-hydrogen) atoms. The van der Waals surface area contributed by atoms with E-state index in [4.69, 9.17) is 0 Å². The summed E-state index contributed by atoms with van der Waals surface area (Å²) in [5.74, 6) is 0. The van der Waals surface area contributed by atoms with E-state index in [1.165, 1.54) is 0 Å². The Balaban J connectivity index is -0.000000328. The maximum atomic E-state index is 4.15. The Morgan fingerprint density at radius 2 is 1.67 bits per heavy atom. The number of hydrogen-bond donors (Lipinski definition) is 0. The van der Waals surface area contributed by atoms with Crippen LogP contribution in [0.2, 0.25) is 0 Å². The molecule has 0 N–H and O–H groups in total. The lowest BCUT2D eigenvalue weighted by Crippen LogP contribution is -1.88. The van der Waals surface area contributed by atoms with Gasteiger partial charge in [-0.2, -0.15) is 0 Å². The maximum Gasteiger partial charge on any atom is 0.0361 e. The van der Waals surface area contributed by atoms with E-state index in [0.29, 0.717) is 0 Å². The topological polar surface area (TPSA) is 25.2 Å². The first-order valence-corrected chi connectivity index (χ1v) is 6.94. The molecule has 0 aliphatic heterocycles. The van der Waals surface area contributed by atoms with Crippen LogP contribution in [-0.2, 0) is 0 Å². The summed E-state index contributed by atoms with van der Waals surface area (Å²) in [6, 6.07) is 1.93. The van der Waals surface area contributed by atoms with Crippen LogP contribution in [0.5, 0.6) is 0 Å². The van der Waals surface area contributed by atoms with E-state index < -0.39 is 0 Å². The third-order valence-electron chi connectivity index (χ3n) is 1.52. The smallest absolute Gasteiger partial charge is 0.0361 e. The van der Waals surface area contributed by atoms with E-state index in [-0.39, 0.29) is 0 Å². The first-order chi connectivity index (χ1) is 8.88. The van der Waals surface area contributed by atoms with Gasteiger partial charge in [-0.05, 0) is 13.0 Å². The van der Waals surface area contributed by atoms with Gasteiger partial charge in [-0.1, -0.05) is 54.2 Å². The molecule has 0 amide bonds. The van der Waals surface area contributed by atoms with Crippen molar-refractivity contribution in [3.8, 4) is 0 Å². The molecule has 0 aliphatic rings. The second kappa shape index (κ2) is 20.9. The standard InChI is InChI=1S/C10H12N2.3C2H6/c1-3-9-7-12-6-5-10(9)8-11-4-2;3*1-2/h3,5-8H,1,4H2,2H3;3*1-2H3. The summed E-state index contributed by atoms with van der Waals surface area (Å²) in [5.41, 5.74) is 2.09. The molecule has 2 heteroatoms. The fourth-order valence-corrected chi connectivity index (χ4v) is 0.895. The Hall–Kier alpha value is -1.44. The SMILES string of the molecule is C=Cc1cnccc1C=NCC.CC.CC.CC. The number of nitrogens with zero attached hydrogens (tertiary/aromatic N) is 2. The number of aromatic nitrogens is 1. The molecule has 0 saturated carbocycles. The van der Waals surface area contributed by atoms with Gasteiger partial charge >= 0.3 is 0 Å². The van der Waals surface area contributed by atoms with Crippen LogP contribution in [0.15, 0.2) is 30.0 Å². The molecule has 1 aromatic rings. The van der Waals surface area contributed by atoms with E-state index in [1.54, 1.807) is 18.5 Å². The van der Waals surface area contributed by atoms with E-state index in [9.17, 15) is 0 Å². The third kappa shape index (κ3) is 11.1. The summed E-state index contributed by atoms with van der Waals surface area (Å²) in [6.45, 7) is 18.5. The normalized spacial score (nSPS) is 7.94. The highest BCUT2D eigenvalue weighted by Gasteiger charge is 1.92. The molecule has 0 bridgehead atoms.